The van der Waals surface area contributed by atoms with Crippen molar-refractivity contribution in [3.63, 3.8) is 0 Å². The lowest BCUT2D eigenvalue weighted by Crippen LogP contribution is -2.20. The normalized spacial score (nSPS) is 11.4. The maximum atomic E-state index is 13.0. The SMILES string of the molecule is Cc1ccc(-c2n[nH]c(=S)n2/N=C/c2c(C)n(C)n(-c3ccccc3)c2=O)cc1. The van der Waals surface area contributed by atoms with E-state index in [-0.39, 0.29) is 5.56 Å². The molecule has 0 aliphatic carbocycles. The zero-order valence-electron chi connectivity index (χ0n) is 16.3. The number of aromatic nitrogens is 5. The van der Waals surface area contributed by atoms with Gasteiger partial charge in [-0.1, -0.05) is 48.0 Å². The van der Waals surface area contributed by atoms with Gasteiger partial charge in [0, 0.05) is 18.3 Å². The van der Waals surface area contributed by atoms with E-state index in [4.69, 9.17) is 12.2 Å². The third-order valence-electron chi connectivity index (χ3n) is 4.86. The van der Waals surface area contributed by atoms with E-state index in [0.29, 0.717) is 16.2 Å². The second-order valence-electron chi connectivity index (χ2n) is 6.75. The predicted molar refractivity (Wildman–Crippen MR) is 116 cm³/mol. The summed E-state index contributed by atoms with van der Waals surface area (Å²) in [6.45, 7) is 3.91. The van der Waals surface area contributed by atoms with E-state index in [1.165, 1.54) is 4.68 Å². The minimum Gasteiger partial charge on any atom is -0.285 e. The Balaban J connectivity index is 1.79. The maximum absolute atomic E-state index is 13.0. The molecular weight excluding hydrogens is 384 g/mol. The van der Waals surface area contributed by atoms with Gasteiger partial charge in [0.15, 0.2) is 5.82 Å². The lowest BCUT2D eigenvalue weighted by Gasteiger charge is -2.07. The Hall–Kier alpha value is -3.52. The van der Waals surface area contributed by atoms with Gasteiger partial charge in [0.05, 0.1) is 17.5 Å². The third-order valence-corrected chi connectivity index (χ3v) is 5.13. The highest BCUT2D eigenvalue weighted by molar-refractivity contribution is 7.71. The van der Waals surface area contributed by atoms with Crippen LogP contribution in [0.1, 0.15) is 16.8 Å². The molecule has 0 spiro atoms. The third kappa shape index (κ3) is 3.38. The molecule has 7 nitrogen and oxygen atoms in total. The zero-order chi connectivity index (χ0) is 20.5. The van der Waals surface area contributed by atoms with Crippen molar-refractivity contribution in [3.8, 4) is 17.1 Å². The van der Waals surface area contributed by atoms with E-state index in [0.717, 1.165) is 22.5 Å². The standard InChI is InChI=1S/C21H20N6OS/c1-14-9-11-16(12-10-14)19-23-24-21(29)26(19)22-13-18-15(2)25(3)27(20(18)28)17-7-5-4-6-8-17/h4-13H,1-3H3,(H,24,29)/b22-13+. The van der Waals surface area contributed by atoms with Crippen LogP contribution in [-0.2, 0) is 7.05 Å². The average molecular weight is 404 g/mol. The van der Waals surface area contributed by atoms with Crippen LogP contribution in [0.3, 0.4) is 0 Å². The van der Waals surface area contributed by atoms with Gasteiger partial charge < -0.3 is 0 Å². The number of hydrogen-bond acceptors (Lipinski definition) is 4. The number of aryl methyl sites for hydroxylation is 1. The fourth-order valence-corrected chi connectivity index (χ4v) is 3.32. The predicted octanol–water partition coefficient (Wildman–Crippen LogP) is 3.60. The quantitative estimate of drug-likeness (QED) is 0.417. The molecule has 0 saturated carbocycles. The molecule has 146 valence electrons. The van der Waals surface area contributed by atoms with Crippen molar-refractivity contribution in [2.24, 2.45) is 12.1 Å². The minimum atomic E-state index is -0.146. The number of benzene rings is 2. The van der Waals surface area contributed by atoms with Crippen LogP contribution in [0, 0.1) is 18.6 Å². The van der Waals surface area contributed by atoms with Crippen LogP contribution in [-0.4, -0.2) is 30.5 Å². The van der Waals surface area contributed by atoms with Crippen LogP contribution < -0.4 is 5.56 Å². The smallest absolute Gasteiger partial charge is 0.280 e. The molecule has 0 fully saturated rings. The Kier molecular flexibility index (Phi) is 4.85. The highest BCUT2D eigenvalue weighted by Crippen LogP contribution is 2.18. The highest BCUT2D eigenvalue weighted by atomic mass is 32.1. The van der Waals surface area contributed by atoms with Gasteiger partial charge in [-0.3, -0.25) is 9.48 Å². The molecule has 0 aliphatic heterocycles. The van der Waals surface area contributed by atoms with Crippen LogP contribution in [0.2, 0.25) is 0 Å². The lowest BCUT2D eigenvalue weighted by molar-refractivity contribution is 0.630. The van der Waals surface area contributed by atoms with E-state index in [2.05, 4.69) is 15.3 Å². The molecule has 1 N–H and O–H groups in total. The molecule has 29 heavy (non-hydrogen) atoms. The molecule has 2 aromatic heterocycles. The van der Waals surface area contributed by atoms with Crippen molar-refractivity contribution in [2.45, 2.75) is 13.8 Å². The number of hydrogen-bond donors (Lipinski definition) is 1. The Morgan fingerprint density at radius 3 is 2.45 bits per heavy atom. The topological polar surface area (TPSA) is 72.9 Å². The van der Waals surface area contributed by atoms with E-state index >= 15 is 0 Å². The number of nitrogens with zero attached hydrogens (tertiary/aromatic N) is 5. The van der Waals surface area contributed by atoms with Crippen molar-refractivity contribution in [3.05, 3.63) is 86.5 Å². The number of aromatic amines is 1. The first-order chi connectivity index (χ1) is 14.0. The molecule has 0 atom stereocenters. The van der Waals surface area contributed by atoms with E-state index in [9.17, 15) is 4.79 Å². The van der Waals surface area contributed by atoms with Gasteiger partial charge in [0.25, 0.3) is 5.56 Å². The second kappa shape index (κ2) is 7.48. The van der Waals surface area contributed by atoms with Gasteiger partial charge in [0.1, 0.15) is 0 Å². The molecule has 2 heterocycles. The Labute approximate surface area is 172 Å². The summed E-state index contributed by atoms with van der Waals surface area (Å²) in [5.74, 6) is 0.586. The summed E-state index contributed by atoms with van der Waals surface area (Å²) in [4.78, 5) is 13.0. The maximum Gasteiger partial charge on any atom is 0.280 e. The monoisotopic (exact) mass is 404 g/mol. The molecule has 4 aromatic rings. The molecule has 2 aromatic carbocycles. The van der Waals surface area contributed by atoms with Gasteiger partial charge in [-0.15, -0.1) is 0 Å². The largest absolute Gasteiger partial charge is 0.285 e. The number of H-pyrrole nitrogens is 1. The first-order valence-electron chi connectivity index (χ1n) is 9.10. The van der Waals surface area contributed by atoms with Crippen molar-refractivity contribution >= 4 is 18.4 Å². The summed E-state index contributed by atoms with van der Waals surface area (Å²) in [7, 11) is 1.85. The number of nitrogens with one attached hydrogen (secondary N) is 1. The molecule has 0 aliphatic rings. The fraction of sp³-hybridized carbons (Fsp3) is 0.143. The van der Waals surface area contributed by atoms with Crippen LogP contribution >= 0.6 is 12.2 Å². The number of rotatable bonds is 4. The van der Waals surface area contributed by atoms with Crippen LogP contribution in [0.4, 0.5) is 0 Å². The van der Waals surface area contributed by atoms with Crippen molar-refractivity contribution in [1.29, 1.82) is 0 Å². The lowest BCUT2D eigenvalue weighted by atomic mass is 10.1. The molecule has 8 heteroatoms. The van der Waals surface area contributed by atoms with Crippen LogP contribution in [0.25, 0.3) is 17.1 Å². The Bertz CT molecular complexity index is 1310. The summed E-state index contributed by atoms with van der Waals surface area (Å²) in [5, 5.41) is 11.5. The first-order valence-corrected chi connectivity index (χ1v) is 9.51. The average Bonchev–Trinajstić information content (AvgIpc) is 3.19. The van der Waals surface area contributed by atoms with E-state index in [1.54, 1.807) is 10.9 Å². The van der Waals surface area contributed by atoms with E-state index in [1.807, 2.05) is 80.2 Å². The van der Waals surface area contributed by atoms with Crippen molar-refractivity contribution < 1.29 is 0 Å². The van der Waals surface area contributed by atoms with Gasteiger partial charge >= 0.3 is 0 Å². The molecule has 0 bridgehead atoms. The van der Waals surface area contributed by atoms with Crippen molar-refractivity contribution in [1.82, 2.24) is 24.2 Å². The molecule has 4 rings (SSSR count). The summed E-state index contributed by atoms with van der Waals surface area (Å²) >= 11 is 5.33. The van der Waals surface area contributed by atoms with Gasteiger partial charge in [0.2, 0.25) is 4.77 Å². The Morgan fingerprint density at radius 2 is 1.76 bits per heavy atom. The van der Waals surface area contributed by atoms with Gasteiger partial charge in [-0.25, -0.2) is 9.78 Å². The number of para-hydroxylation sites is 1. The summed E-state index contributed by atoms with van der Waals surface area (Å²) in [6, 6.07) is 17.4. The summed E-state index contributed by atoms with van der Waals surface area (Å²) < 4.78 is 5.31. The zero-order valence-corrected chi connectivity index (χ0v) is 17.1. The van der Waals surface area contributed by atoms with Gasteiger partial charge in [-0.2, -0.15) is 14.9 Å². The minimum absolute atomic E-state index is 0.146. The highest BCUT2D eigenvalue weighted by Gasteiger charge is 2.15. The molecule has 0 amide bonds. The first kappa shape index (κ1) is 18.8. The van der Waals surface area contributed by atoms with Crippen molar-refractivity contribution in [2.75, 3.05) is 0 Å². The molecule has 0 radical (unpaired) electrons. The second-order valence-corrected chi connectivity index (χ2v) is 7.14. The van der Waals surface area contributed by atoms with E-state index < -0.39 is 0 Å². The molecule has 0 unspecified atom stereocenters. The molecule has 0 saturated heterocycles. The van der Waals surface area contributed by atoms with Crippen LogP contribution in [0.15, 0.2) is 64.5 Å². The summed E-state index contributed by atoms with van der Waals surface area (Å²) in [6.07, 6.45) is 1.54. The van der Waals surface area contributed by atoms with Gasteiger partial charge in [-0.05, 0) is 38.2 Å². The summed E-state index contributed by atoms with van der Waals surface area (Å²) in [5.41, 5.74) is 3.98. The molecular formula is C21H20N6OS. The fourth-order valence-electron chi connectivity index (χ4n) is 3.14. The van der Waals surface area contributed by atoms with Crippen LogP contribution in [0.5, 0.6) is 0 Å². The Morgan fingerprint density at radius 1 is 1.07 bits per heavy atom.